The van der Waals surface area contributed by atoms with Gasteiger partial charge < -0.3 is 34.6 Å². The molecule has 12 nitrogen and oxygen atoms in total. The number of aliphatic hydroxyl groups excluding tert-OH is 3. The van der Waals surface area contributed by atoms with E-state index in [0.29, 0.717) is 25.7 Å². The van der Waals surface area contributed by atoms with Crippen molar-refractivity contribution in [2.45, 2.75) is 192 Å². The minimum atomic E-state index is -4.85. The van der Waals surface area contributed by atoms with Gasteiger partial charge in [0.1, 0.15) is 12.4 Å². The van der Waals surface area contributed by atoms with Crippen molar-refractivity contribution >= 4 is 25.5 Å². The topological polar surface area (TPSA) is 197 Å². The second kappa shape index (κ2) is 29.7. The summed E-state index contributed by atoms with van der Waals surface area (Å²) in [4.78, 5) is 55.7. The van der Waals surface area contributed by atoms with Crippen LogP contribution in [0.15, 0.2) is 12.2 Å². The lowest BCUT2D eigenvalue weighted by Gasteiger charge is -2.20. The SMILES string of the molecule is CCCCCCCCCCCCCCCC(=O)OC[C@H](COP(=O)(O)O)OC(=O)CCCCC(=O)C[C@@H]1[C@@H](/C=C/[C@@H](O)CCCCC)[C@H](O)C[C@@H]1O. The number of hydrogen-bond donors (Lipinski definition) is 5. The molecule has 1 saturated carbocycles. The summed E-state index contributed by atoms with van der Waals surface area (Å²) >= 11 is 0. The third-order valence-corrected chi connectivity index (χ3v) is 10.3. The molecule has 0 aliphatic heterocycles. The van der Waals surface area contributed by atoms with Gasteiger partial charge in [-0.05, 0) is 25.7 Å². The Kier molecular flexibility index (Phi) is 27.6. The average Bonchev–Trinajstić information content (AvgIpc) is 3.35. The molecule has 0 heterocycles. The second-order valence-corrected chi connectivity index (χ2v) is 15.8. The molecule has 0 saturated heterocycles. The van der Waals surface area contributed by atoms with Gasteiger partial charge in [-0.2, -0.15) is 0 Å². The van der Waals surface area contributed by atoms with Crippen molar-refractivity contribution in [1.29, 1.82) is 0 Å². The van der Waals surface area contributed by atoms with Crippen molar-refractivity contribution in [1.82, 2.24) is 0 Å². The number of carbonyl (C=O) groups excluding carboxylic acids is 3. The van der Waals surface area contributed by atoms with Crippen molar-refractivity contribution in [2.75, 3.05) is 13.2 Å². The smallest absolute Gasteiger partial charge is 0.462 e. The molecular formula is C39H71O12P. The Morgan fingerprint density at radius 2 is 1.23 bits per heavy atom. The summed E-state index contributed by atoms with van der Waals surface area (Å²) in [7, 11) is -4.85. The first-order chi connectivity index (χ1) is 24.9. The van der Waals surface area contributed by atoms with Gasteiger partial charge in [0.05, 0.1) is 24.9 Å². The molecular weight excluding hydrogens is 691 g/mol. The van der Waals surface area contributed by atoms with E-state index in [0.717, 1.165) is 38.5 Å². The number of aliphatic hydroxyl groups is 3. The standard InChI is InChI=1S/C39H71O12P/c1-3-5-7-8-9-10-11-12-13-14-15-16-18-23-38(44)49-29-33(30-50-52(46,47)48)51-39(45)24-20-19-22-32(41)27-35-34(36(42)28-37(35)43)26-25-31(40)21-17-6-4-2/h25-26,31,33-37,40,42-43H,3-24,27-30H2,1-2H3,(H2,46,47,48)/b26-25+/t31-,33+,34+,35+,36+,37-/m0/s1. The van der Waals surface area contributed by atoms with Crippen LogP contribution in [0.3, 0.4) is 0 Å². The number of ketones is 1. The fraction of sp³-hybridized carbons (Fsp3) is 0.872. The van der Waals surface area contributed by atoms with Crippen molar-refractivity contribution in [2.24, 2.45) is 11.8 Å². The first-order valence-corrected chi connectivity index (χ1v) is 21.7. The number of phosphoric ester groups is 1. The maximum Gasteiger partial charge on any atom is 0.469 e. The van der Waals surface area contributed by atoms with Crippen LogP contribution < -0.4 is 0 Å². The van der Waals surface area contributed by atoms with Crippen LogP contribution in [0.25, 0.3) is 0 Å². The molecule has 0 aromatic rings. The molecule has 0 amide bonds. The van der Waals surface area contributed by atoms with Crippen LogP contribution in [0.2, 0.25) is 0 Å². The van der Waals surface area contributed by atoms with E-state index in [4.69, 9.17) is 19.3 Å². The molecule has 52 heavy (non-hydrogen) atoms. The molecule has 304 valence electrons. The van der Waals surface area contributed by atoms with E-state index in [1.165, 1.54) is 57.8 Å². The van der Waals surface area contributed by atoms with Gasteiger partial charge in [0.25, 0.3) is 0 Å². The third-order valence-electron chi connectivity index (χ3n) is 9.77. The Labute approximate surface area is 312 Å². The number of hydrogen-bond acceptors (Lipinski definition) is 10. The van der Waals surface area contributed by atoms with Crippen LogP contribution in [-0.4, -0.2) is 80.5 Å². The highest BCUT2D eigenvalue weighted by atomic mass is 31.2. The monoisotopic (exact) mass is 762 g/mol. The number of carbonyl (C=O) groups is 3. The number of unbranched alkanes of at least 4 members (excludes halogenated alkanes) is 15. The molecule has 1 rings (SSSR count). The summed E-state index contributed by atoms with van der Waals surface area (Å²) in [6, 6.07) is 0. The number of phosphoric acid groups is 1. The van der Waals surface area contributed by atoms with Gasteiger partial charge in [-0.1, -0.05) is 122 Å². The summed E-state index contributed by atoms with van der Waals surface area (Å²) in [5, 5.41) is 31.1. The first-order valence-electron chi connectivity index (χ1n) is 20.2. The number of rotatable bonds is 33. The van der Waals surface area contributed by atoms with Gasteiger partial charge in [-0.25, -0.2) is 4.57 Å². The summed E-state index contributed by atoms with van der Waals surface area (Å²) in [6.45, 7) is 3.26. The van der Waals surface area contributed by atoms with Gasteiger partial charge in [-0.3, -0.25) is 18.9 Å². The number of ether oxygens (including phenoxy) is 2. The maximum atomic E-state index is 12.7. The Morgan fingerprint density at radius 3 is 1.83 bits per heavy atom. The van der Waals surface area contributed by atoms with Gasteiger partial charge in [0.15, 0.2) is 6.10 Å². The van der Waals surface area contributed by atoms with E-state index in [1.807, 2.05) is 0 Å². The molecule has 5 N–H and O–H groups in total. The molecule has 0 aromatic carbocycles. The average molecular weight is 763 g/mol. The van der Waals surface area contributed by atoms with E-state index in [9.17, 15) is 34.3 Å². The molecule has 0 unspecified atom stereocenters. The summed E-state index contributed by atoms with van der Waals surface area (Å²) < 4.78 is 26.2. The zero-order valence-corrected chi connectivity index (χ0v) is 32.9. The van der Waals surface area contributed by atoms with Crippen molar-refractivity contribution in [3.63, 3.8) is 0 Å². The second-order valence-electron chi connectivity index (χ2n) is 14.6. The number of Topliss-reactive ketones (excluding diaryl/α,β-unsaturated/α-hetero) is 1. The molecule has 0 bridgehead atoms. The van der Waals surface area contributed by atoms with Gasteiger partial charge >= 0.3 is 19.8 Å². The quantitative estimate of drug-likeness (QED) is 0.0192. The highest BCUT2D eigenvalue weighted by Crippen LogP contribution is 2.37. The Hall–Kier alpha value is -1.66. The zero-order valence-electron chi connectivity index (χ0n) is 32.0. The lowest BCUT2D eigenvalue weighted by molar-refractivity contribution is -0.161. The summed E-state index contributed by atoms with van der Waals surface area (Å²) in [5.74, 6) is -2.19. The van der Waals surface area contributed by atoms with E-state index >= 15 is 0 Å². The number of esters is 2. The molecule has 0 radical (unpaired) electrons. The molecule has 1 aliphatic rings. The predicted octanol–water partition coefficient (Wildman–Crippen LogP) is 7.41. The van der Waals surface area contributed by atoms with Crippen molar-refractivity contribution in [3.05, 3.63) is 12.2 Å². The molecule has 0 aromatic heterocycles. The lowest BCUT2D eigenvalue weighted by Crippen LogP contribution is -2.29. The minimum absolute atomic E-state index is 0.0656. The highest BCUT2D eigenvalue weighted by Gasteiger charge is 2.41. The third kappa shape index (κ3) is 25.4. The largest absolute Gasteiger partial charge is 0.469 e. The molecule has 1 fully saturated rings. The Bertz CT molecular complexity index is 1030. The lowest BCUT2D eigenvalue weighted by atomic mass is 9.87. The van der Waals surface area contributed by atoms with Gasteiger partial charge in [0.2, 0.25) is 0 Å². The van der Waals surface area contributed by atoms with Gasteiger partial charge in [0, 0.05) is 43.9 Å². The van der Waals surface area contributed by atoms with Crippen LogP contribution in [0.5, 0.6) is 0 Å². The van der Waals surface area contributed by atoms with Crippen molar-refractivity contribution < 1.29 is 58.1 Å². The van der Waals surface area contributed by atoms with E-state index in [2.05, 4.69) is 18.4 Å². The Morgan fingerprint density at radius 1 is 0.712 bits per heavy atom. The molecule has 0 spiro atoms. The summed E-state index contributed by atoms with van der Waals surface area (Å²) in [6.07, 6.45) is 20.0. The predicted molar refractivity (Wildman–Crippen MR) is 200 cm³/mol. The molecule has 13 heteroatoms. The normalized spacial score (nSPS) is 20.3. The molecule has 1 aliphatic carbocycles. The highest BCUT2D eigenvalue weighted by molar-refractivity contribution is 7.46. The van der Waals surface area contributed by atoms with Crippen LogP contribution in [0, 0.1) is 11.8 Å². The first kappa shape index (κ1) is 48.4. The van der Waals surface area contributed by atoms with E-state index in [1.54, 1.807) is 12.2 Å². The van der Waals surface area contributed by atoms with Gasteiger partial charge in [-0.15, -0.1) is 0 Å². The fourth-order valence-corrected chi connectivity index (χ4v) is 7.02. The maximum absolute atomic E-state index is 12.7. The van der Waals surface area contributed by atoms with Crippen LogP contribution in [0.1, 0.15) is 168 Å². The van der Waals surface area contributed by atoms with Crippen LogP contribution in [-0.2, 0) is 32.9 Å². The fourth-order valence-electron chi connectivity index (χ4n) is 6.66. The zero-order chi connectivity index (χ0) is 38.6. The van der Waals surface area contributed by atoms with Crippen LogP contribution >= 0.6 is 7.82 Å². The van der Waals surface area contributed by atoms with Crippen LogP contribution in [0.4, 0.5) is 0 Å². The van der Waals surface area contributed by atoms with E-state index < -0.39 is 69.2 Å². The minimum Gasteiger partial charge on any atom is -0.462 e. The Balaban J connectivity index is 2.35. The van der Waals surface area contributed by atoms with E-state index in [-0.39, 0.29) is 37.9 Å². The summed E-state index contributed by atoms with van der Waals surface area (Å²) in [5.41, 5.74) is 0. The van der Waals surface area contributed by atoms with Crippen molar-refractivity contribution in [3.8, 4) is 0 Å². The molecule has 6 atom stereocenters.